The topological polar surface area (TPSA) is 53.2 Å². The lowest BCUT2D eigenvalue weighted by Gasteiger charge is -2.21. The van der Waals surface area contributed by atoms with Gasteiger partial charge in [0.15, 0.2) is 0 Å². The summed E-state index contributed by atoms with van der Waals surface area (Å²) in [5.74, 6) is 0. The average molecular weight is 273 g/mol. The summed E-state index contributed by atoms with van der Waals surface area (Å²) in [6, 6.07) is 4.49. The number of fused-ring (bicyclic) bond motifs is 1. The summed E-state index contributed by atoms with van der Waals surface area (Å²) < 4.78 is 35.9. The molecule has 0 atom stereocenters. The van der Waals surface area contributed by atoms with Crippen LogP contribution in [-0.2, 0) is 6.42 Å². The highest BCUT2D eigenvalue weighted by molar-refractivity contribution is 5.93. The quantitative estimate of drug-likeness (QED) is 0.776. The minimum absolute atomic E-state index is 0.497. The van der Waals surface area contributed by atoms with Crippen molar-refractivity contribution in [1.29, 1.82) is 0 Å². The van der Waals surface area contributed by atoms with E-state index >= 15 is 0 Å². The Morgan fingerprint density at radius 2 is 2.16 bits per heavy atom. The molecule has 0 bridgehead atoms. The van der Waals surface area contributed by atoms with Gasteiger partial charge in [-0.15, -0.1) is 0 Å². The van der Waals surface area contributed by atoms with Gasteiger partial charge >= 0.3 is 12.2 Å². The van der Waals surface area contributed by atoms with E-state index in [1.54, 1.807) is 17.4 Å². The van der Waals surface area contributed by atoms with Crippen LogP contribution < -0.4 is 16.0 Å². The summed E-state index contributed by atoms with van der Waals surface area (Å²) in [4.78, 5) is 11.4. The molecule has 1 heterocycles. The first-order valence-electron chi connectivity index (χ1n) is 5.93. The molecule has 104 valence electrons. The number of benzene rings is 1. The Hall–Kier alpha value is -1.92. The average Bonchev–Trinajstić information content (AvgIpc) is 2.36. The van der Waals surface area contributed by atoms with E-state index in [0.717, 1.165) is 30.6 Å². The van der Waals surface area contributed by atoms with Gasteiger partial charge in [-0.25, -0.2) is 4.79 Å². The minimum atomic E-state index is -4.41. The van der Waals surface area contributed by atoms with Gasteiger partial charge in [0.2, 0.25) is 0 Å². The third-order valence-corrected chi connectivity index (χ3v) is 2.77. The molecule has 1 aromatic carbocycles. The van der Waals surface area contributed by atoms with Gasteiger partial charge in [-0.2, -0.15) is 13.2 Å². The summed E-state index contributed by atoms with van der Waals surface area (Å²) in [6.07, 6.45) is -2.52. The molecule has 0 aliphatic carbocycles. The standard InChI is InChI=1S/C12H14F3N3O/c13-12(14,15)7-17-11(19)18-9-5-1-3-8-4-2-6-16-10(8)9/h1,3,5,16H,2,4,6-7H2,(H2,17,18,19). The predicted molar refractivity (Wildman–Crippen MR) is 66.3 cm³/mol. The van der Waals surface area contributed by atoms with E-state index in [1.807, 2.05) is 6.07 Å². The molecule has 0 unspecified atom stereocenters. The van der Waals surface area contributed by atoms with Gasteiger partial charge < -0.3 is 16.0 Å². The van der Waals surface area contributed by atoms with E-state index in [9.17, 15) is 18.0 Å². The van der Waals surface area contributed by atoms with Gasteiger partial charge in [0.05, 0.1) is 11.4 Å². The van der Waals surface area contributed by atoms with Crippen LogP contribution in [0.1, 0.15) is 12.0 Å². The van der Waals surface area contributed by atoms with Crippen molar-refractivity contribution in [2.45, 2.75) is 19.0 Å². The first kappa shape index (κ1) is 13.5. The fourth-order valence-corrected chi connectivity index (χ4v) is 1.96. The number of hydrogen-bond acceptors (Lipinski definition) is 2. The van der Waals surface area contributed by atoms with Gasteiger partial charge in [-0.05, 0) is 24.5 Å². The van der Waals surface area contributed by atoms with Crippen LogP contribution in [0, 0.1) is 0 Å². The Morgan fingerprint density at radius 1 is 1.37 bits per heavy atom. The fraction of sp³-hybridized carbons (Fsp3) is 0.417. The molecule has 3 N–H and O–H groups in total. The van der Waals surface area contributed by atoms with Crippen molar-refractivity contribution >= 4 is 17.4 Å². The lowest BCUT2D eigenvalue weighted by molar-refractivity contribution is -0.122. The molecule has 0 saturated heterocycles. The van der Waals surface area contributed by atoms with Crippen LogP contribution in [0.4, 0.5) is 29.3 Å². The van der Waals surface area contributed by atoms with Crippen LogP contribution in [-0.4, -0.2) is 25.3 Å². The number of hydrogen-bond donors (Lipinski definition) is 3. The Bertz CT molecular complexity index is 474. The highest BCUT2D eigenvalue weighted by Crippen LogP contribution is 2.29. The van der Waals surface area contributed by atoms with Crippen LogP contribution in [0.2, 0.25) is 0 Å². The number of halogens is 3. The molecular weight excluding hydrogens is 259 g/mol. The summed E-state index contributed by atoms with van der Waals surface area (Å²) >= 11 is 0. The zero-order valence-corrected chi connectivity index (χ0v) is 10.1. The Labute approximate surface area is 108 Å². The number of anilines is 2. The second kappa shape index (κ2) is 5.38. The number of para-hydroxylation sites is 1. The molecule has 1 aromatic rings. The van der Waals surface area contributed by atoms with Crippen molar-refractivity contribution in [2.75, 3.05) is 23.7 Å². The fourth-order valence-electron chi connectivity index (χ4n) is 1.96. The Morgan fingerprint density at radius 3 is 2.89 bits per heavy atom. The first-order chi connectivity index (χ1) is 8.96. The molecule has 2 amide bonds. The summed E-state index contributed by atoms with van der Waals surface area (Å²) in [5, 5.41) is 7.35. The maximum absolute atomic E-state index is 12.0. The molecule has 4 nitrogen and oxygen atoms in total. The van der Waals surface area contributed by atoms with Gasteiger partial charge in [-0.3, -0.25) is 0 Å². The third-order valence-electron chi connectivity index (χ3n) is 2.77. The van der Waals surface area contributed by atoms with Crippen molar-refractivity contribution in [1.82, 2.24) is 5.32 Å². The minimum Gasteiger partial charge on any atom is -0.383 e. The Balaban J connectivity index is 2.01. The number of carbonyl (C=O) groups is 1. The molecule has 0 radical (unpaired) electrons. The van der Waals surface area contributed by atoms with Gasteiger partial charge in [-0.1, -0.05) is 12.1 Å². The van der Waals surface area contributed by atoms with Crippen molar-refractivity contribution in [3.05, 3.63) is 23.8 Å². The number of urea groups is 1. The highest BCUT2D eigenvalue weighted by Gasteiger charge is 2.27. The van der Waals surface area contributed by atoms with Crippen LogP contribution in [0.5, 0.6) is 0 Å². The normalized spacial score (nSPS) is 14.3. The zero-order valence-electron chi connectivity index (χ0n) is 10.1. The molecule has 0 fully saturated rings. The van der Waals surface area contributed by atoms with Crippen LogP contribution in [0.3, 0.4) is 0 Å². The molecule has 2 rings (SSSR count). The summed E-state index contributed by atoms with van der Waals surface area (Å²) in [6.45, 7) is -0.558. The molecule has 0 aromatic heterocycles. The van der Waals surface area contributed by atoms with E-state index in [4.69, 9.17) is 0 Å². The second-order valence-corrected chi connectivity index (χ2v) is 4.29. The van der Waals surface area contributed by atoms with Gasteiger partial charge in [0.25, 0.3) is 0 Å². The maximum atomic E-state index is 12.0. The summed E-state index contributed by atoms with van der Waals surface area (Å²) in [5.41, 5.74) is 2.34. The van der Waals surface area contributed by atoms with E-state index in [0.29, 0.717) is 5.69 Å². The second-order valence-electron chi connectivity index (χ2n) is 4.29. The van der Waals surface area contributed by atoms with E-state index in [2.05, 4.69) is 10.6 Å². The number of nitrogens with one attached hydrogen (secondary N) is 3. The van der Waals surface area contributed by atoms with Gasteiger partial charge in [0, 0.05) is 6.54 Å². The van der Waals surface area contributed by atoms with Crippen LogP contribution >= 0.6 is 0 Å². The van der Waals surface area contributed by atoms with E-state index in [1.165, 1.54) is 0 Å². The number of amides is 2. The van der Waals surface area contributed by atoms with Crippen molar-refractivity contribution in [2.24, 2.45) is 0 Å². The molecular formula is C12H14F3N3O. The lowest BCUT2D eigenvalue weighted by atomic mass is 10.0. The van der Waals surface area contributed by atoms with E-state index in [-0.39, 0.29) is 0 Å². The number of alkyl halides is 3. The molecule has 0 saturated carbocycles. The molecule has 7 heteroatoms. The number of aryl methyl sites for hydroxylation is 1. The summed E-state index contributed by atoms with van der Waals surface area (Å²) in [7, 11) is 0. The molecule has 0 spiro atoms. The first-order valence-corrected chi connectivity index (χ1v) is 5.93. The number of rotatable bonds is 2. The smallest absolute Gasteiger partial charge is 0.383 e. The van der Waals surface area contributed by atoms with Crippen LogP contribution in [0.15, 0.2) is 18.2 Å². The molecule has 19 heavy (non-hydrogen) atoms. The lowest BCUT2D eigenvalue weighted by Crippen LogP contribution is -2.36. The van der Waals surface area contributed by atoms with E-state index < -0.39 is 18.8 Å². The predicted octanol–water partition coefficient (Wildman–Crippen LogP) is 2.73. The maximum Gasteiger partial charge on any atom is 0.405 e. The SMILES string of the molecule is O=C(NCC(F)(F)F)Nc1cccc2c1NCCC2. The molecule has 1 aliphatic heterocycles. The van der Waals surface area contributed by atoms with Crippen LogP contribution in [0.25, 0.3) is 0 Å². The zero-order chi connectivity index (χ0) is 13.9. The monoisotopic (exact) mass is 273 g/mol. The number of carbonyl (C=O) groups excluding carboxylic acids is 1. The Kier molecular flexibility index (Phi) is 3.82. The highest BCUT2D eigenvalue weighted by atomic mass is 19.4. The van der Waals surface area contributed by atoms with Crippen molar-refractivity contribution < 1.29 is 18.0 Å². The molecule has 1 aliphatic rings. The largest absolute Gasteiger partial charge is 0.405 e. The third kappa shape index (κ3) is 3.77. The van der Waals surface area contributed by atoms with Crippen molar-refractivity contribution in [3.63, 3.8) is 0 Å². The van der Waals surface area contributed by atoms with Gasteiger partial charge in [0.1, 0.15) is 6.54 Å². The van der Waals surface area contributed by atoms with Crippen molar-refractivity contribution in [3.8, 4) is 0 Å².